The highest BCUT2D eigenvalue weighted by atomic mass is 32.2. The van der Waals surface area contributed by atoms with Crippen LogP contribution in [-0.2, 0) is 21.9 Å². The summed E-state index contributed by atoms with van der Waals surface area (Å²) in [5.74, 6) is -0.520. The first-order valence-corrected chi connectivity index (χ1v) is 11.5. The van der Waals surface area contributed by atoms with E-state index < -0.39 is 15.9 Å². The van der Waals surface area contributed by atoms with Gasteiger partial charge in [-0.2, -0.15) is 4.31 Å². The number of nitrogens with zero attached hydrogens (tertiary/aromatic N) is 3. The number of carbonyl (C=O) groups excluding carboxylic acids is 2. The molecule has 0 saturated carbocycles. The molecule has 3 N–H and O–H groups in total. The summed E-state index contributed by atoms with van der Waals surface area (Å²) in [5.41, 5.74) is 6.56. The molecule has 29 heavy (non-hydrogen) atoms. The summed E-state index contributed by atoms with van der Waals surface area (Å²) in [4.78, 5) is 29.5. The molecule has 3 rings (SSSR count). The van der Waals surface area contributed by atoms with Crippen molar-refractivity contribution >= 4 is 38.2 Å². The van der Waals surface area contributed by atoms with Crippen LogP contribution < -0.4 is 11.1 Å². The van der Waals surface area contributed by atoms with Gasteiger partial charge in [-0.1, -0.05) is 0 Å². The molecule has 3 heterocycles. The van der Waals surface area contributed by atoms with Crippen LogP contribution in [0.5, 0.6) is 0 Å². The zero-order chi connectivity index (χ0) is 21.5. The number of aryl methyl sites for hydroxylation is 3. The predicted octanol–water partition coefficient (Wildman–Crippen LogP) is 1.55. The van der Waals surface area contributed by atoms with Crippen molar-refractivity contribution in [3.05, 3.63) is 28.0 Å². The van der Waals surface area contributed by atoms with E-state index in [4.69, 9.17) is 5.73 Å². The summed E-state index contributed by atoms with van der Waals surface area (Å²) < 4.78 is 28.6. The SMILES string of the molecule is Cc1sc(NC(=O)C2CCN(S(=O)(=O)c3cn(C)c(C)n3)CC2)c(C(N)=O)c1C. The van der Waals surface area contributed by atoms with Crippen LogP contribution in [0.1, 0.15) is 39.5 Å². The number of rotatable bonds is 5. The van der Waals surface area contributed by atoms with Crippen molar-refractivity contribution < 1.29 is 18.0 Å². The molecule has 0 aromatic carbocycles. The molecule has 0 atom stereocenters. The van der Waals surface area contributed by atoms with Crippen LogP contribution in [0.25, 0.3) is 0 Å². The molecule has 2 amide bonds. The van der Waals surface area contributed by atoms with E-state index in [-0.39, 0.29) is 29.9 Å². The second-order valence-electron chi connectivity index (χ2n) is 7.26. The van der Waals surface area contributed by atoms with E-state index in [1.165, 1.54) is 21.8 Å². The molecule has 1 aliphatic rings. The highest BCUT2D eigenvalue weighted by molar-refractivity contribution is 7.89. The molecular formula is C18H25N5O4S2. The number of primary amides is 1. The quantitative estimate of drug-likeness (QED) is 0.730. The summed E-state index contributed by atoms with van der Waals surface area (Å²) in [5, 5.41) is 3.29. The fraction of sp³-hybridized carbons (Fsp3) is 0.500. The average molecular weight is 440 g/mol. The number of hydrogen-bond donors (Lipinski definition) is 2. The summed E-state index contributed by atoms with van der Waals surface area (Å²) in [6.07, 6.45) is 2.29. The standard InChI is InChI=1S/C18H25N5O4S2/c1-10-11(2)28-18(15(10)16(19)24)21-17(25)13-5-7-23(8-6-13)29(26,27)14-9-22(4)12(3)20-14/h9,13H,5-8H2,1-4H3,(H2,19,24)(H,21,25). The van der Waals surface area contributed by atoms with Crippen LogP contribution >= 0.6 is 11.3 Å². The van der Waals surface area contributed by atoms with Gasteiger partial charge in [-0.05, 0) is 39.2 Å². The van der Waals surface area contributed by atoms with Gasteiger partial charge in [-0.3, -0.25) is 9.59 Å². The molecule has 0 aliphatic carbocycles. The topological polar surface area (TPSA) is 127 Å². The number of piperidine rings is 1. The van der Waals surface area contributed by atoms with E-state index in [0.29, 0.717) is 29.2 Å². The Morgan fingerprint density at radius 1 is 1.24 bits per heavy atom. The van der Waals surface area contributed by atoms with E-state index in [0.717, 1.165) is 10.4 Å². The highest BCUT2D eigenvalue weighted by Gasteiger charge is 2.34. The largest absolute Gasteiger partial charge is 0.365 e. The van der Waals surface area contributed by atoms with Gasteiger partial charge < -0.3 is 15.6 Å². The minimum Gasteiger partial charge on any atom is -0.365 e. The van der Waals surface area contributed by atoms with Gasteiger partial charge >= 0.3 is 0 Å². The number of carbonyl (C=O) groups is 2. The molecule has 1 saturated heterocycles. The third-order valence-corrected chi connectivity index (χ3v) is 8.28. The molecule has 1 fully saturated rings. The molecule has 158 valence electrons. The van der Waals surface area contributed by atoms with Crippen LogP contribution in [0, 0.1) is 26.7 Å². The average Bonchev–Trinajstić information content (AvgIpc) is 3.14. The molecule has 1 aliphatic heterocycles. The second kappa shape index (κ2) is 7.88. The van der Waals surface area contributed by atoms with Gasteiger partial charge in [-0.15, -0.1) is 11.3 Å². The Labute approximate surface area is 174 Å². The lowest BCUT2D eigenvalue weighted by Gasteiger charge is -2.29. The zero-order valence-corrected chi connectivity index (χ0v) is 18.5. The molecular weight excluding hydrogens is 414 g/mol. The Bertz CT molecular complexity index is 1040. The van der Waals surface area contributed by atoms with E-state index in [1.54, 1.807) is 25.5 Å². The normalized spacial score (nSPS) is 16.1. The second-order valence-corrected chi connectivity index (χ2v) is 10.4. The van der Waals surface area contributed by atoms with Gasteiger partial charge in [0.25, 0.3) is 15.9 Å². The van der Waals surface area contributed by atoms with E-state index >= 15 is 0 Å². The van der Waals surface area contributed by atoms with Crippen LogP contribution in [-0.4, -0.2) is 47.2 Å². The Morgan fingerprint density at radius 2 is 1.86 bits per heavy atom. The van der Waals surface area contributed by atoms with E-state index in [1.807, 2.05) is 6.92 Å². The smallest absolute Gasteiger partial charge is 0.262 e. The van der Waals surface area contributed by atoms with Gasteiger partial charge in [0.1, 0.15) is 10.8 Å². The highest BCUT2D eigenvalue weighted by Crippen LogP contribution is 2.33. The van der Waals surface area contributed by atoms with Crippen LogP contribution in [0.15, 0.2) is 11.2 Å². The maximum Gasteiger partial charge on any atom is 0.262 e. The zero-order valence-electron chi connectivity index (χ0n) is 16.9. The minimum absolute atomic E-state index is 0.0241. The van der Waals surface area contributed by atoms with Crippen molar-refractivity contribution in [3.8, 4) is 0 Å². The lowest BCUT2D eigenvalue weighted by molar-refractivity contribution is -0.120. The van der Waals surface area contributed by atoms with Crippen molar-refractivity contribution in [3.63, 3.8) is 0 Å². The van der Waals surface area contributed by atoms with Gasteiger partial charge in [0, 0.05) is 37.1 Å². The lowest BCUT2D eigenvalue weighted by atomic mass is 9.97. The van der Waals surface area contributed by atoms with Gasteiger partial charge in [0.15, 0.2) is 5.03 Å². The van der Waals surface area contributed by atoms with Crippen LogP contribution in [0.4, 0.5) is 5.00 Å². The summed E-state index contributed by atoms with van der Waals surface area (Å²) >= 11 is 1.32. The lowest BCUT2D eigenvalue weighted by Crippen LogP contribution is -2.41. The number of imidazole rings is 1. The number of hydrogen-bond acceptors (Lipinski definition) is 6. The predicted molar refractivity (Wildman–Crippen MR) is 110 cm³/mol. The number of nitrogens with one attached hydrogen (secondary N) is 1. The summed E-state index contributed by atoms with van der Waals surface area (Å²) in [6.45, 7) is 5.88. The Morgan fingerprint density at radius 3 is 2.38 bits per heavy atom. The Balaban J connectivity index is 1.67. The first-order chi connectivity index (χ1) is 13.5. The number of anilines is 1. The maximum atomic E-state index is 12.8. The first-order valence-electron chi connectivity index (χ1n) is 9.23. The number of aromatic nitrogens is 2. The molecule has 2 aromatic heterocycles. The maximum absolute atomic E-state index is 12.8. The molecule has 0 spiro atoms. The third-order valence-electron chi connectivity index (χ3n) is 5.38. The molecule has 0 radical (unpaired) electrons. The number of amides is 2. The van der Waals surface area contributed by atoms with Crippen molar-refractivity contribution in [1.29, 1.82) is 0 Å². The van der Waals surface area contributed by atoms with Gasteiger partial charge in [0.05, 0.1) is 5.56 Å². The minimum atomic E-state index is -3.68. The Hall–Kier alpha value is -2.24. The van der Waals surface area contributed by atoms with Crippen molar-refractivity contribution in [2.75, 3.05) is 18.4 Å². The molecule has 11 heteroatoms. The third kappa shape index (κ3) is 4.07. The number of sulfonamides is 1. The first kappa shape index (κ1) is 21.5. The van der Waals surface area contributed by atoms with E-state index in [9.17, 15) is 18.0 Å². The molecule has 9 nitrogen and oxygen atoms in total. The summed E-state index contributed by atoms with van der Waals surface area (Å²) in [7, 11) is -1.94. The fourth-order valence-corrected chi connectivity index (χ4v) is 5.93. The number of nitrogens with two attached hydrogens (primary N) is 1. The van der Waals surface area contributed by atoms with Crippen LogP contribution in [0.3, 0.4) is 0 Å². The van der Waals surface area contributed by atoms with E-state index in [2.05, 4.69) is 10.3 Å². The van der Waals surface area contributed by atoms with Crippen molar-refractivity contribution in [2.45, 2.75) is 38.6 Å². The van der Waals surface area contributed by atoms with Crippen molar-refractivity contribution in [2.24, 2.45) is 18.7 Å². The molecule has 2 aromatic rings. The Kier molecular flexibility index (Phi) is 5.84. The van der Waals surface area contributed by atoms with Gasteiger partial charge in [0.2, 0.25) is 5.91 Å². The van der Waals surface area contributed by atoms with Crippen molar-refractivity contribution in [1.82, 2.24) is 13.9 Å². The monoisotopic (exact) mass is 439 g/mol. The summed E-state index contributed by atoms with van der Waals surface area (Å²) in [6, 6.07) is 0. The fourth-order valence-electron chi connectivity index (χ4n) is 3.37. The molecule has 0 bridgehead atoms. The van der Waals surface area contributed by atoms with Crippen LogP contribution in [0.2, 0.25) is 0 Å². The molecule has 0 unspecified atom stereocenters. The number of thiophene rings is 1. The van der Waals surface area contributed by atoms with Gasteiger partial charge in [-0.25, -0.2) is 13.4 Å².